The maximum Gasteiger partial charge on any atom is 0 e. The van der Waals surface area contributed by atoms with Gasteiger partial charge in [-0.05, 0) is 59.2 Å². The Morgan fingerprint density at radius 3 is 0.333 bits per heavy atom. The maximum atomic E-state index is 7.50. The SMILES string of the molecule is CC1C(C)C(C)C(C)C1C.CC1C(C)C(C)C(C)C1C.[C-]#[O+].[C-]#[O+].[C-]#[O+].[C-]#[O+].[Mo].[Mo]. The van der Waals surface area contributed by atoms with Crippen molar-refractivity contribution in [3.05, 3.63) is 26.6 Å². The van der Waals surface area contributed by atoms with Crippen LogP contribution in [0.1, 0.15) is 69.2 Å². The second kappa shape index (κ2) is 25.6. The molecule has 2 rings (SSSR count). The Kier molecular flexibility index (Phi) is 37.6. The summed E-state index contributed by atoms with van der Waals surface area (Å²) in [7, 11) is 0. The minimum atomic E-state index is 0. The Morgan fingerprint density at radius 2 is 0.300 bits per heavy atom. The molecule has 0 spiro atoms. The summed E-state index contributed by atoms with van der Waals surface area (Å²) in [5.74, 6) is 9.35. The summed E-state index contributed by atoms with van der Waals surface area (Å²) >= 11 is 0. The molecule has 0 radical (unpaired) electrons. The molecular formula is C24H40Mo2O4. The third-order valence-electron chi connectivity index (χ3n) is 8.29. The molecular weight excluding hydrogens is 544 g/mol. The van der Waals surface area contributed by atoms with E-state index in [0.717, 1.165) is 59.2 Å². The van der Waals surface area contributed by atoms with Gasteiger partial charge in [0, 0.05) is 42.1 Å². The fourth-order valence-electron chi connectivity index (χ4n) is 4.79. The molecule has 0 saturated heterocycles. The Hall–Kier alpha value is 0.337. The molecule has 0 heterocycles. The van der Waals surface area contributed by atoms with Gasteiger partial charge in [0.05, 0.1) is 0 Å². The van der Waals surface area contributed by atoms with E-state index in [0.29, 0.717) is 0 Å². The summed E-state index contributed by atoms with van der Waals surface area (Å²) in [4.78, 5) is 0. The zero-order valence-corrected chi connectivity index (χ0v) is 24.2. The second-order valence-electron chi connectivity index (χ2n) is 8.59. The molecule has 6 heteroatoms. The van der Waals surface area contributed by atoms with Gasteiger partial charge in [0.2, 0.25) is 0 Å². The Balaban J connectivity index is -0.0000000686. The maximum absolute atomic E-state index is 7.50. The van der Waals surface area contributed by atoms with Crippen molar-refractivity contribution in [1.82, 2.24) is 0 Å². The predicted octanol–water partition coefficient (Wildman–Crippen LogP) is 6.21. The number of rotatable bonds is 0. The van der Waals surface area contributed by atoms with Crippen molar-refractivity contribution in [1.29, 1.82) is 0 Å². The van der Waals surface area contributed by atoms with Gasteiger partial charge < -0.3 is 0 Å². The quantitative estimate of drug-likeness (QED) is 0.185. The van der Waals surface area contributed by atoms with Crippen LogP contribution in [0.5, 0.6) is 0 Å². The van der Waals surface area contributed by atoms with E-state index in [1.165, 1.54) is 0 Å². The van der Waals surface area contributed by atoms with E-state index in [2.05, 4.69) is 95.8 Å². The summed E-state index contributed by atoms with van der Waals surface area (Å²) in [6.45, 7) is 42.0. The van der Waals surface area contributed by atoms with Gasteiger partial charge in [-0.2, -0.15) is 0 Å². The van der Waals surface area contributed by atoms with Crippen LogP contribution >= 0.6 is 0 Å². The van der Waals surface area contributed by atoms with Crippen LogP contribution in [0.2, 0.25) is 0 Å². The molecule has 4 nitrogen and oxygen atoms in total. The van der Waals surface area contributed by atoms with Crippen LogP contribution in [0.4, 0.5) is 0 Å². The molecule has 0 aromatic carbocycles. The smallest absolute Gasteiger partial charge is 0 e. The van der Waals surface area contributed by atoms with Crippen LogP contribution in [-0.4, -0.2) is 0 Å². The largest absolute Gasteiger partial charge is 0 e. The van der Waals surface area contributed by atoms with Crippen molar-refractivity contribution in [3.63, 3.8) is 0 Å². The first-order valence-corrected chi connectivity index (χ1v) is 9.92. The molecule has 0 atom stereocenters. The van der Waals surface area contributed by atoms with Crippen LogP contribution in [-0.2, 0) is 60.7 Å². The van der Waals surface area contributed by atoms with Crippen molar-refractivity contribution < 1.29 is 60.7 Å². The van der Waals surface area contributed by atoms with Gasteiger partial charge in [-0.15, -0.1) is 0 Å². The van der Waals surface area contributed by atoms with E-state index in [9.17, 15) is 0 Å². The molecule has 30 heavy (non-hydrogen) atoms. The molecule has 172 valence electrons. The topological polar surface area (TPSA) is 79.6 Å². The molecule has 2 fully saturated rings. The summed E-state index contributed by atoms with van der Waals surface area (Å²) in [6, 6.07) is 0. The molecule has 2 aliphatic carbocycles. The van der Waals surface area contributed by atoms with E-state index in [4.69, 9.17) is 18.6 Å². The number of hydrogen-bond donors (Lipinski definition) is 0. The minimum absolute atomic E-state index is 0. The van der Waals surface area contributed by atoms with Crippen molar-refractivity contribution in [2.45, 2.75) is 69.2 Å². The Morgan fingerprint density at radius 1 is 0.267 bits per heavy atom. The van der Waals surface area contributed by atoms with Gasteiger partial charge in [0.25, 0.3) is 0 Å². The standard InChI is InChI=1S/2C10H20.4CO.2Mo/c2*1-6-7(2)9(4)10(5)8(6)3;4*1-2;;/h2*6-10H,1-5H3;;;;;;. The summed E-state index contributed by atoms with van der Waals surface area (Å²) in [5.41, 5.74) is 0. The summed E-state index contributed by atoms with van der Waals surface area (Å²) in [6.07, 6.45) is 0. The van der Waals surface area contributed by atoms with Gasteiger partial charge in [-0.25, -0.2) is 0 Å². The van der Waals surface area contributed by atoms with Crippen molar-refractivity contribution in [2.24, 2.45) is 59.2 Å². The summed E-state index contributed by atoms with van der Waals surface area (Å²) < 4.78 is 30.0. The van der Waals surface area contributed by atoms with E-state index < -0.39 is 0 Å². The third kappa shape index (κ3) is 13.0. The molecule has 0 bridgehead atoms. The van der Waals surface area contributed by atoms with Gasteiger partial charge in [-0.1, -0.05) is 69.2 Å². The van der Waals surface area contributed by atoms with Crippen LogP contribution in [0.15, 0.2) is 0 Å². The zero-order chi connectivity index (χ0) is 23.8. The Bertz CT molecular complexity index is 317. The predicted molar refractivity (Wildman–Crippen MR) is 107 cm³/mol. The van der Waals surface area contributed by atoms with Crippen LogP contribution in [0.3, 0.4) is 0 Å². The zero-order valence-electron chi connectivity index (χ0n) is 20.2. The van der Waals surface area contributed by atoms with Crippen molar-refractivity contribution >= 4 is 0 Å². The van der Waals surface area contributed by atoms with E-state index in [1.54, 1.807) is 0 Å². The fraction of sp³-hybridized carbons (Fsp3) is 0.833. The molecule has 0 N–H and O–H groups in total. The van der Waals surface area contributed by atoms with Crippen LogP contribution in [0, 0.1) is 85.8 Å². The molecule has 0 aromatic heterocycles. The van der Waals surface area contributed by atoms with Gasteiger partial charge in [0.15, 0.2) is 0 Å². The molecule has 0 amide bonds. The van der Waals surface area contributed by atoms with E-state index in [1.807, 2.05) is 0 Å². The molecule has 2 aliphatic rings. The van der Waals surface area contributed by atoms with E-state index >= 15 is 0 Å². The number of hydrogen-bond acceptors (Lipinski definition) is 0. The van der Waals surface area contributed by atoms with Crippen LogP contribution in [0.25, 0.3) is 0 Å². The van der Waals surface area contributed by atoms with E-state index in [-0.39, 0.29) is 42.1 Å². The third-order valence-corrected chi connectivity index (χ3v) is 8.29. The normalized spacial score (nSPS) is 37.3. The first kappa shape index (κ1) is 44.1. The van der Waals surface area contributed by atoms with Crippen LogP contribution < -0.4 is 0 Å². The fourth-order valence-corrected chi connectivity index (χ4v) is 4.79. The minimum Gasteiger partial charge on any atom is 0 e. The van der Waals surface area contributed by atoms with Crippen molar-refractivity contribution in [2.75, 3.05) is 0 Å². The molecule has 0 unspecified atom stereocenters. The monoisotopic (exact) mass is 588 g/mol. The van der Waals surface area contributed by atoms with Gasteiger partial charge >= 0.3 is 45.2 Å². The first-order chi connectivity index (χ1) is 13.1. The van der Waals surface area contributed by atoms with Gasteiger partial charge in [0.1, 0.15) is 0 Å². The van der Waals surface area contributed by atoms with Crippen molar-refractivity contribution in [3.8, 4) is 0 Å². The first-order valence-electron chi connectivity index (χ1n) is 9.92. The second-order valence-corrected chi connectivity index (χ2v) is 8.59. The Labute approximate surface area is 214 Å². The van der Waals surface area contributed by atoms with Gasteiger partial charge in [-0.3, -0.25) is 0 Å². The molecule has 2 saturated carbocycles. The summed E-state index contributed by atoms with van der Waals surface area (Å²) in [5, 5.41) is 0. The molecule has 0 aromatic rings. The molecule has 0 aliphatic heterocycles. The average molecular weight is 584 g/mol. The average Bonchev–Trinajstić information content (AvgIpc) is 3.04.